The third-order valence-corrected chi connectivity index (χ3v) is 5.74. The lowest BCUT2D eigenvalue weighted by Gasteiger charge is -2.05. The Labute approximate surface area is 157 Å². The number of aryl methyl sites for hydroxylation is 2. The van der Waals surface area contributed by atoms with E-state index in [1.165, 1.54) is 16.9 Å². The van der Waals surface area contributed by atoms with Crippen LogP contribution >= 0.6 is 27.3 Å². The molecule has 2 heterocycles. The van der Waals surface area contributed by atoms with Crippen LogP contribution in [0.1, 0.15) is 11.1 Å². The third-order valence-electron chi connectivity index (χ3n) is 4.18. The fraction of sp³-hybridized carbons (Fsp3) is 0.100. The zero-order valence-electron chi connectivity index (χ0n) is 13.8. The van der Waals surface area contributed by atoms with Gasteiger partial charge < -0.3 is 4.98 Å². The predicted octanol–water partition coefficient (Wildman–Crippen LogP) is 5.70. The van der Waals surface area contributed by atoms with Crippen LogP contribution in [0, 0.1) is 13.8 Å². The van der Waals surface area contributed by atoms with Crippen LogP contribution in [0.4, 0.5) is 0 Å². The normalized spacial score (nSPS) is 11.2. The molecule has 0 radical (unpaired) electrons. The number of aromatic nitrogens is 2. The molecule has 25 heavy (non-hydrogen) atoms. The minimum atomic E-state index is -0.106. The lowest BCUT2D eigenvalue weighted by atomic mass is 10.0. The van der Waals surface area contributed by atoms with Gasteiger partial charge in [0, 0.05) is 21.0 Å². The van der Waals surface area contributed by atoms with Crippen LogP contribution in [0.15, 0.2) is 57.1 Å². The molecule has 5 heteroatoms. The Bertz CT molecular complexity index is 1140. The Hall–Kier alpha value is -2.24. The number of aromatic amines is 1. The van der Waals surface area contributed by atoms with Gasteiger partial charge in [-0.05, 0) is 25.5 Å². The monoisotopic (exact) mass is 410 g/mol. The third kappa shape index (κ3) is 2.94. The molecule has 0 aliphatic heterocycles. The van der Waals surface area contributed by atoms with Gasteiger partial charge in [0.2, 0.25) is 0 Å². The van der Waals surface area contributed by atoms with E-state index in [0.717, 1.165) is 31.6 Å². The van der Waals surface area contributed by atoms with Crippen molar-refractivity contribution in [3.63, 3.8) is 0 Å². The Kier molecular flexibility index (Phi) is 4.06. The largest absolute Gasteiger partial charge is 0.306 e. The van der Waals surface area contributed by atoms with Gasteiger partial charge in [-0.25, -0.2) is 4.98 Å². The highest BCUT2D eigenvalue weighted by molar-refractivity contribution is 9.10. The molecule has 0 unspecified atom stereocenters. The van der Waals surface area contributed by atoms with E-state index in [0.29, 0.717) is 11.2 Å². The SMILES string of the molecule is Cc1ccc(-c2nc3scc(-c4cc(C)ccc4Br)c3c(=O)[nH]2)cc1. The van der Waals surface area contributed by atoms with Crippen molar-refractivity contribution in [2.75, 3.05) is 0 Å². The molecular formula is C20H15BrN2OS. The minimum absolute atomic E-state index is 0.106. The van der Waals surface area contributed by atoms with Crippen molar-refractivity contribution in [1.29, 1.82) is 0 Å². The summed E-state index contributed by atoms with van der Waals surface area (Å²) in [5.41, 5.74) is 5.07. The second-order valence-electron chi connectivity index (χ2n) is 6.09. The van der Waals surface area contributed by atoms with Gasteiger partial charge in [0.25, 0.3) is 5.56 Å². The number of hydrogen-bond acceptors (Lipinski definition) is 3. The van der Waals surface area contributed by atoms with E-state index in [-0.39, 0.29) is 5.56 Å². The van der Waals surface area contributed by atoms with Crippen LogP contribution in [-0.4, -0.2) is 9.97 Å². The molecule has 0 aliphatic carbocycles. The van der Waals surface area contributed by atoms with Crippen molar-refractivity contribution < 1.29 is 0 Å². The van der Waals surface area contributed by atoms with E-state index < -0.39 is 0 Å². The van der Waals surface area contributed by atoms with Gasteiger partial charge in [-0.15, -0.1) is 11.3 Å². The summed E-state index contributed by atoms with van der Waals surface area (Å²) in [6.07, 6.45) is 0. The van der Waals surface area contributed by atoms with E-state index >= 15 is 0 Å². The summed E-state index contributed by atoms with van der Waals surface area (Å²) in [6.45, 7) is 4.08. The number of rotatable bonds is 2. The van der Waals surface area contributed by atoms with Gasteiger partial charge in [0.15, 0.2) is 0 Å². The summed E-state index contributed by atoms with van der Waals surface area (Å²) < 4.78 is 0.972. The highest BCUT2D eigenvalue weighted by Gasteiger charge is 2.15. The van der Waals surface area contributed by atoms with Crippen LogP contribution in [-0.2, 0) is 0 Å². The van der Waals surface area contributed by atoms with Gasteiger partial charge in [-0.2, -0.15) is 0 Å². The Morgan fingerprint density at radius 1 is 1.00 bits per heavy atom. The lowest BCUT2D eigenvalue weighted by Crippen LogP contribution is -2.09. The van der Waals surface area contributed by atoms with Crippen molar-refractivity contribution >= 4 is 37.5 Å². The molecule has 0 atom stereocenters. The first kappa shape index (κ1) is 16.2. The van der Waals surface area contributed by atoms with Crippen molar-refractivity contribution in [2.24, 2.45) is 0 Å². The molecule has 4 aromatic rings. The first-order valence-corrected chi connectivity index (χ1v) is 9.55. The summed E-state index contributed by atoms with van der Waals surface area (Å²) in [6, 6.07) is 14.1. The molecule has 0 amide bonds. The number of benzene rings is 2. The molecule has 4 rings (SSSR count). The number of H-pyrrole nitrogens is 1. The van der Waals surface area contributed by atoms with Gasteiger partial charge in [0.1, 0.15) is 10.7 Å². The van der Waals surface area contributed by atoms with Gasteiger partial charge in [-0.1, -0.05) is 63.5 Å². The first-order chi connectivity index (χ1) is 12.0. The number of hydrogen-bond donors (Lipinski definition) is 1. The number of nitrogens with one attached hydrogen (secondary N) is 1. The Balaban J connectivity index is 1.92. The lowest BCUT2D eigenvalue weighted by molar-refractivity contribution is 1.19. The van der Waals surface area contributed by atoms with Gasteiger partial charge in [-0.3, -0.25) is 4.79 Å². The topological polar surface area (TPSA) is 45.8 Å². The molecule has 0 fully saturated rings. The van der Waals surface area contributed by atoms with Crippen LogP contribution in [0.5, 0.6) is 0 Å². The van der Waals surface area contributed by atoms with Crippen LogP contribution in [0.2, 0.25) is 0 Å². The summed E-state index contributed by atoms with van der Waals surface area (Å²) in [7, 11) is 0. The molecule has 1 N–H and O–H groups in total. The van der Waals surface area contributed by atoms with E-state index in [1.54, 1.807) is 0 Å². The molecule has 124 valence electrons. The van der Waals surface area contributed by atoms with E-state index in [9.17, 15) is 4.79 Å². The molecule has 2 aromatic heterocycles. The van der Waals surface area contributed by atoms with Crippen LogP contribution in [0.3, 0.4) is 0 Å². The second-order valence-corrected chi connectivity index (χ2v) is 7.81. The van der Waals surface area contributed by atoms with E-state index in [2.05, 4.69) is 32.0 Å². The maximum absolute atomic E-state index is 12.8. The number of nitrogens with zero attached hydrogens (tertiary/aromatic N) is 1. The minimum Gasteiger partial charge on any atom is -0.306 e. The quantitative estimate of drug-likeness (QED) is 0.460. The van der Waals surface area contributed by atoms with Gasteiger partial charge in [0.05, 0.1) is 5.39 Å². The molecule has 0 spiro atoms. The molecule has 0 saturated carbocycles. The van der Waals surface area contributed by atoms with E-state index in [1.807, 2.05) is 55.6 Å². The zero-order valence-corrected chi connectivity index (χ0v) is 16.2. The van der Waals surface area contributed by atoms with Crippen molar-refractivity contribution in [2.45, 2.75) is 13.8 Å². The second kappa shape index (κ2) is 6.24. The Morgan fingerprint density at radius 2 is 1.72 bits per heavy atom. The first-order valence-electron chi connectivity index (χ1n) is 7.88. The number of halogens is 1. The predicted molar refractivity (Wildman–Crippen MR) is 108 cm³/mol. The molecule has 0 aliphatic rings. The molecular weight excluding hydrogens is 396 g/mol. The van der Waals surface area contributed by atoms with E-state index in [4.69, 9.17) is 0 Å². The van der Waals surface area contributed by atoms with Crippen molar-refractivity contribution in [1.82, 2.24) is 9.97 Å². The maximum atomic E-state index is 12.8. The summed E-state index contributed by atoms with van der Waals surface area (Å²) in [5, 5.41) is 2.65. The zero-order chi connectivity index (χ0) is 17.6. The number of fused-ring (bicyclic) bond motifs is 1. The molecule has 3 nitrogen and oxygen atoms in total. The maximum Gasteiger partial charge on any atom is 0.260 e. The average Bonchev–Trinajstić information content (AvgIpc) is 3.02. The Morgan fingerprint density at radius 3 is 2.48 bits per heavy atom. The van der Waals surface area contributed by atoms with Crippen molar-refractivity contribution in [3.05, 3.63) is 73.8 Å². The summed E-state index contributed by atoms with van der Waals surface area (Å²) >= 11 is 5.09. The van der Waals surface area contributed by atoms with Gasteiger partial charge >= 0.3 is 0 Å². The van der Waals surface area contributed by atoms with Crippen molar-refractivity contribution in [3.8, 4) is 22.5 Å². The summed E-state index contributed by atoms with van der Waals surface area (Å²) in [4.78, 5) is 21.2. The standard InChI is InChI=1S/C20H15BrN2OS/c1-11-3-6-13(7-4-11)18-22-19(24)17-15(10-25-20(17)23-18)14-9-12(2)5-8-16(14)21/h3-10H,1-2H3,(H,22,23,24). The average molecular weight is 411 g/mol. The highest BCUT2D eigenvalue weighted by Crippen LogP contribution is 2.36. The fourth-order valence-corrected chi connectivity index (χ4v) is 4.24. The number of thiophene rings is 1. The van der Waals surface area contributed by atoms with Crippen LogP contribution < -0.4 is 5.56 Å². The summed E-state index contributed by atoms with van der Waals surface area (Å²) in [5.74, 6) is 0.606. The molecule has 0 saturated heterocycles. The highest BCUT2D eigenvalue weighted by atomic mass is 79.9. The molecule has 2 aromatic carbocycles. The smallest absolute Gasteiger partial charge is 0.260 e. The fourth-order valence-electron chi connectivity index (χ4n) is 2.84. The molecule has 0 bridgehead atoms. The van der Waals surface area contributed by atoms with Crippen LogP contribution in [0.25, 0.3) is 32.7 Å².